The van der Waals surface area contributed by atoms with Crippen LogP contribution in [0.15, 0.2) is 24.3 Å². The van der Waals surface area contributed by atoms with E-state index < -0.39 is 16.9 Å². The minimum atomic E-state index is -0.868. The summed E-state index contributed by atoms with van der Waals surface area (Å²) in [6.45, 7) is 10.00. The first-order valence-electron chi connectivity index (χ1n) is 11.0. The van der Waals surface area contributed by atoms with Crippen molar-refractivity contribution < 1.29 is 23.8 Å². The summed E-state index contributed by atoms with van der Waals surface area (Å²) in [5.74, 6) is -0.0201. The van der Waals surface area contributed by atoms with Crippen LogP contribution >= 0.6 is 24.8 Å². The fourth-order valence-electron chi connectivity index (χ4n) is 6.61. The number of rotatable bonds is 5. The maximum Gasteiger partial charge on any atom is 0.316 e. The molecule has 0 heterocycles. The van der Waals surface area contributed by atoms with E-state index in [4.69, 9.17) is 26.4 Å². The molecule has 5 nitrogen and oxygen atoms in total. The summed E-state index contributed by atoms with van der Waals surface area (Å²) in [6, 6.07) is 0. The predicted octanol–water partition coefficient (Wildman–Crippen LogP) is 5.05. The van der Waals surface area contributed by atoms with Crippen molar-refractivity contribution in [3.8, 4) is 0 Å². The Bertz CT molecular complexity index is 808. The van der Waals surface area contributed by atoms with Gasteiger partial charge in [-0.3, -0.25) is 9.59 Å². The predicted molar refractivity (Wildman–Crippen MR) is 127 cm³/mol. The van der Waals surface area contributed by atoms with Gasteiger partial charge in [0.25, 0.3) is 0 Å². The van der Waals surface area contributed by atoms with E-state index in [1.54, 1.807) is 6.08 Å². The molecule has 2 saturated carbocycles. The summed E-state index contributed by atoms with van der Waals surface area (Å²) in [6.07, 6.45) is 8.34. The smallest absolute Gasteiger partial charge is 0.316 e. The van der Waals surface area contributed by atoms with Crippen molar-refractivity contribution in [2.24, 2.45) is 28.1 Å². The summed E-state index contributed by atoms with van der Waals surface area (Å²) in [7, 11) is 1.48. The number of methoxy groups -OCH3 is 1. The standard InChI is InChI=1S/C24H34O5S2/c1-6-12-28-20(26)24(4)14-15-8-9-17-22(2,16(15)13-18(24)29-21(30)31)10-7-11-23(17,3)19(25)27-5/h6,13,15,17-18H,1,7-12,14H2,2-5H3,(H,30,31)/t15-,17+,18?,22+,23-,24+/m1/s1. The van der Waals surface area contributed by atoms with Crippen molar-refractivity contribution in [2.45, 2.75) is 65.4 Å². The number of fused-ring (bicyclic) bond motifs is 3. The first kappa shape index (κ1) is 24.3. The van der Waals surface area contributed by atoms with E-state index >= 15 is 0 Å². The zero-order valence-electron chi connectivity index (χ0n) is 18.9. The quantitative estimate of drug-likeness (QED) is 0.265. The number of hydrogen-bond acceptors (Lipinski definition) is 6. The number of ether oxygens (including phenoxy) is 3. The van der Waals surface area contributed by atoms with Gasteiger partial charge in [0.2, 0.25) is 4.38 Å². The van der Waals surface area contributed by atoms with E-state index in [-0.39, 0.29) is 40.2 Å². The first-order valence-corrected chi connectivity index (χ1v) is 11.9. The highest BCUT2D eigenvalue weighted by Crippen LogP contribution is 2.64. The second-order valence-electron chi connectivity index (χ2n) is 9.94. The van der Waals surface area contributed by atoms with Crippen molar-refractivity contribution in [1.82, 2.24) is 0 Å². The largest absolute Gasteiger partial charge is 0.470 e. The van der Waals surface area contributed by atoms with Gasteiger partial charge < -0.3 is 14.2 Å². The molecule has 0 spiro atoms. The van der Waals surface area contributed by atoms with Crippen LogP contribution < -0.4 is 0 Å². The number of thiocarbonyl (C=S) groups is 1. The Morgan fingerprint density at radius 3 is 2.55 bits per heavy atom. The van der Waals surface area contributed by atoms with Gasteiger partial charge in [0, 0.05) is 0 Å². The molecule has 6 atom stereocenters. The molecule has 0 aromatic heterocycles. The molecule has 7 heteroatoms. The zero-order valence-corrected chi connectivity index (χ0v) is 20.7. The Kier molecular flexibility index (Phi) is 6.97. The molecule has 3 aliphatic rings. The number of hydrogen-bond donors (Lipinski definition) is 1. The highest BCUT2D eigenvalue weighted by atomic mass is 32.1. The highest BCUT2D eigenvalue weighted by molar-refractivity contribution is 8.10. The summed E-state index contributed by atoms with van der Waals surface area (Å²) >= 11 is 9.29. The maximum atomic E-state index is 13.0. The first-order chi connectivity index (χ1) is 14.5. The van der Waals surface area contributed by atoms with Crippen molar-refractivity contribution in [3.05, 3.63) is 24.3 Å². The second-order valence-corrected chi connectivity index (χ2v) is 11.0. The van der Waals surface area contributed by atoms with Gasteiger partial charge in [-0.1, -0.05) is 44.2 Å². The fraction of sp³-hybridized carbons (Fsp3) is 0.708. The van der Waals surface area contributed by atoms with E-state index in [0.29, 0.717) is 6.42 Å². The number of allylic oxidation sites excluding steroid dienone is 1. The maximum absolute atomic E-state index is 13.0. The number of carbonyl (C=O) groups is 2. The summed E-state index contributed by atoms with van der Waals surface area (Å²) in [5.41, 5.74) is -0.252. The van der Waals surface area contributed by atoms with Crippen LogP contribution in [0, 0.1) is 28.1 Å². The Labute approximate surface area is 196 Å². The van der Waals surface area contributed by atoms with Crippen LogP contribution in [0.25, 0.3) is 0 Å². The SMILES string of the molecule is C=CCOC(=O)[C@@]1(C)C[C@H]2CC[C@@H]3[C@](C)(C(=O)OC)CCC[C@@]3(C)C2=CC1OC(=S)S. The van der Waals surface area contributed by atoms with Crippen LogP contribution in [0.1, 0.15) is 59.3 Å². The average molecular weight is 467 g/mol. The second kappa shape index (κ2) is 8.89. The number of thiol groups is 1. The van der Waals surface area contributed by atoms with E-state index in [1.165, 1.54) is 12.7 Å². The van der Waals surface area contributed by atoms with Gasteiger partial charge in [0.05, 0.1) is 12.5 Å². The third kappa shape index (κ3) is 4.08. The van der Waals surface area contributed by atoms with E-state index in [2.05, 4.69) is 39.1 Å². The number of carbonyl (C=O) groups excluding carboxylic acids is 2. The van der Waals surface area contributed by atoms with Gasteiger partial charge >= 0.3 is 11.9 Å². The molecule has 172 valence electrons. The van der Waals surface area contributed by atoms with E-state index in [9.17, 15) is 9.59 Å². The molecular weight excluding hydrogens is 432 g/mol. The van der Waals surface area contributed by atoms with Crippen molar-refractivity contribution >= 4 is 41.2 Å². The Morgan fingerprint density at radius 2 is 1.94 bits per heavy atom. The zero-order chi connectivity index (χ0) is 23.0. The minimum Gasteiger partial charge on any atom is -0.470 e. The van der Waals surface area contributed by atoms with Crippen LogP contribution in [0.4, 0.5) is 0 Å². The third-order valence-corrected chi connectivity index (χ3v) is 8.34. The molecule has 0 bridgehead atoms. The molecule has 0 radical (unpaired) electrons. The van der Waals surface area contributed by atoms with Crippen molar-refractivity contribution in [3.63, 3.8) is 0 Å². The van der Waals surface area contributed by atoms with Crippen molar-refractivity contribution in [1.29, 1.82) is 0 Å². The Hall–Kier alpha value is -1.34. The summed E-state index contributed by atoms with van der Waals surface area (Å²) in [5, 5.41) is 0. The van der Waals surface area contributed by atoms with Gasteiger partial charge in [-0.25, -0.2) is 0 Å². The monoisotopic (exact) mass is 466 g/mol. The molecule has 3 rings (SSSR count). The molecule has 0 amide bonds. The normalized spacial score (nSPS) is 39.3. The molecule has 0 saturated heterocycles. The lowest BCUT2D eigenvalue weighted by Gasteiger charge is -2.58. The minimum absolute atomic E-state index is 0.101. The van der Waals surface area contributed by atoms with Crippen LogP contribution in [-0.2, 0) is 23.8 Å². The molecule has 0 aromatic rings. The third-order valence-electron chi connectivity index (χ3n) is 8.14. The van der Waals surface area contributed by atoms with Crippen LogP contribution in [0.2, 0.25) is 0 Å². The van der Waals surface area contributed by atoms with Gasteiger partial charge in [-0.2, -0.15) is 0 Å². The lowest BCUT2D eigenvalue weighted by Crippen LogP contribution is -2.55. The van der Waals surface area contributed by atoms with Gasteiger partial charge in [-0.05, 0) is 81.5 Å². The molecule has 31 heavy (non-hydrogen) atoms. The van der Waals surface area contributed by atoms with E-state index in [0.717, 1.165) is 32.1 Å². The molecule has 3 aliphatic carbocycles. The molecule has 0 aromatic carbocycles. The van der Waals surface area contributed by atoms with Crippen molar-refractivity contribution in [2.75, 3.05) is 13.7 Å². The van der Waals surface area contributed by atoms with E-state index in [1.807, 2.05) is 6.92 Å². The molecule has 2 fully saturated rings. The summed E-state index contributed by atoms with van der Waals surface area (Å²) in [4.78, 5) is 25.8. The van der Waals surface area contributed by atoms with Crippen LogP contribution in [0.3, 0.4) is 0 Å². The molecular formula is C24H34O5S2. The Balaban J connectivity index is 2.04. The summed E-state index contributed by atoms with van der Waals surface area (Å²) < 4.78 is 16.7. The molecule has 0 aliphatic heterocycles. The lowest BCUT2D eigenvalue weighted by molar-refractivity contribution is -0.166. The average Bonchev–Trinajstić information content (AvgIpc) is 2.71. The number of esters is 2. The lowest BCUT2D eigenvalue weighted by atomic mass is 9.46. The van der Waals surface area contributed by atoms with Gasteiger partial charge in [-0.15, -0.1) is 0 Å². The molecule has 1 unspecified atom stereocenters. The molecule has 0 N–H and O–H groups in total. The topological polar surface area (TPSA) is 61.8 Å². The van der Waals surface area contributed by atoms with Crippen LogP contribution in [-0.4, -0.2) is 36.1 Å². The van der Waals surface area contributed by atoms with Crippen LogP contribution in [0.5, 0.6) is 0 Å². The fourth-order valence-corrected chi connectivity index (χ4v) is 6.83. The van der Waals surface area contributed by atoms with Gasteiger partial charge in [0.15, 0.2) is 0 Å². The highest BCUT2D eigenvalue weighted by Gasteiger charge is 2.60. The Morgan fingerprint density at radius 1 is 1.23 bits per heavy atom. The van der Waals surface area contributed by atoms with Gasteiger partial charge in [0.1, 0.15) is 18.1 Å².